The van der Waals surface area contributed by atoms with Crippen LogP contribution in [-0.2, 0) is 17.6 Å². The molecular formula is C25H32N4O3. The van der Waals surface area contributed by atoms with Gasteiger partial charge in [-0.25, -0.2) is 0 Å². The van der Waals surface area contributed by atoms with Crippen molar-refractivity contribution in [1.29, 1.82) is 0 Å². The van der Waals surface area contributed by atoms with E-state index >= 15 is 0 Å². The third-order valence-corrected chi connectivity index (χ3v) is 5.56. The average molecular weight is 437 g/mol. The minimum Gasteiger partial charge on any atom is -0.497 e. The van der Waals surface area contributed by atoms with Gasteiger partial charge in [-0.1, -0.05) is 30.3 Å². The summed E-state index contributed by atoms with van der Waals surface area (Å²) < 4.78 is 7.00. The standard InChI is InChI=1S/C25H32N4O3/c1-27(2)13-12-19-16-29(23-11-10-20(32-4)15-21(19)23)24(30)17-28(3)25(31)22(26)14-18-8-6-5-7-9-18/h5-11,15-16,22H,12-14,17,26H2,1-4H3. The van der Waals surface area contributed by atoms with Crippen LogP contribution in [-0.4, -0.2) is 73.6 Å². The van der Waals surface area contributed by atoms with Gasteiger partial charge in [0.2, 0.25) is 5.91 Å². The van der Waals surface area contributed by atoms with Crippen molar-refractivity contribution in [2.24, 2.45) is 5.73 Å². The van der Waals surface area contributed by atoms with E-state index in [4.69, 9.17) is 10.5 Å². The maximum absolute atomic E-state index is 13.1. The summed E-state index contributed by atoms with van der Waals surface area (Å²) in [7, 11) is 7.28. The van der Waals surface area contributed by atoms with Crippen LogP contribution in [0.3, 0.4) is 0 Å². The quantitative estimate of drug-likeness (QED) is 0.557. The molecule has 32 heavy (non-hydrogen) atoms. The second-order valence-corrected chi connectivity index (χ2v) is 8.34. The molecule has 1 heterocycles. The zero-order chi connectivity index (χ0) is 23.3. The Bertz CT molecular complexity index is 1080. The maximum atomic E-state index is 13.1. The summed E-state index contributed by atoms with van der Waals surface area (Å²) in [6.45, 7) is 0.807. The molecule has 0 aliphatic rings. The summed E-state index contributed by atoms with van der Waals surface area (Å²) >= 11 is 0. The first-order chi connectivity index (χ1) is 15.3. The van der Waals surface area contributed by atoms with Crippen LogP contribution < -0.4 is 10.5 Å². The number of nitrogens with zero attached hydrogens (tertiary/aromatic N) is 3. The molecule has 170 valence electrons. The maximum Gasteiger partial charge on any atom is 0.250 e. The van der Waals surface area contributed by atoms with Crippen LogP contribution in [0.4, 0.5) is 0 Å². The summed E-state index contributed by atoms with van der Waals surface area (Å²) in [5.41, 5.74) is 8.99. The first kappa shape index (κ1) is 23.5. The molecule has 1 aromatic heterocycles. The number of ether oxygens (including phenoxy) is 1. The van der Waals surface area contributed by atoms with Crippen LogP contribution in [0.25, 0.3) is 10.9 Å². The molecule has 0 aliphatic heterocycles. The number of aromatic nitrogens is 1. The fourth-order valence-electron chi connectivity index (χ4n) is 3.75. The number of methoxy groups -OCH3 is 1. The lowest BCUT2D eigenvalue weighted by Crippen LogP contribution is -2.45. The van der Waals surface area contributed by atoms with Crippen LogP contribution in [0.15, 0.2) is 54.7 Å². The summed E-state index contributed by atoms with van der Waals surface area (Å²) in [5.74, 6) is 0.306. The van der Waals surface area contributed by atoms with Gasteiger partial charge in [-0.2, -0.15) is 0 Å². The highest BCUT2D eigenvalue weighted by Gasteiger charge is 2.22. The van der Waals surface area contributed by atoms with E-state index in [2.05, 4.69) is 4.90 Å². The Hall–Kier alpha value is -3.16. The fraction of sp³-hybridized carbons (Fsp3) is 0.360. The Morgan fingerprint density at radius 3 is 2.47 bits per heavy atom. The molecular weight excluding hydrogens is 404 g/mol. The Morgan fingerprint density at radius 2 is 1.81 bits per heavy atom. The van der Waals surface area contributed by atoms with Crippen LogP contribution in [0, 0.1) is 0 Å². The predicted octanol–water partition coefficient (Wildman–Crippen LogP) is 2.42. The van der Waals surface area contributed by atoms with Gasteiger partial charge in [-0.3, -0.25) is 14.2 Å². The van der Waals surface area contributed by atoms with Crippen molar-refractivity contribution in [3.8, 4) is 5.75 Å². The highest BCUT2D eigenvalue weighted by molar-refractivity contribution is 5.97. The zero-order valence-electron chi connectivity index (χ0n) is 19.2. The molecule has 0 radical (unpaired) electrons. The van der Waals surface area contributed by atoms with Gasteiger partial charge in [-0.15, -0.1) is 0 Å². The molecule has 1 atom stereocenters. The number of carbonyl (C=O) groups is 2. The van der Waals surface area contributed by atoms with E-state index in [9.17, 15) is 9.59 Å². The number of hydrogen-bond acceptors (Lipinski definition) is 5. The molecule has 7 nitrogen and oxygen atoms in total. The first-order valence-electron chi connectivity index (χ1n) is 10.7. The van der Waals surface area contributed by atoms with Crippen LogP contribution in [0.5, 0.6) is 5.75 Å². The van der Waals surface area contributed by atoms with E-state index in [1.807, 2.05) is 68.8 Å². The lowest BCUT2D eigenvalue weighted by Gasteiger charge is -2.21. The summed E-state index contributed by atoms with van der Waals surface area (Å²) in [4.78, 5) is 29.4. The fourth-order valence-corrected chi connectivity index (χ4v) is 3.75. The van der Waals surface area contributed by atoms with Gasteiger partial charge in [0.05, 0.1) is 18.7 Å². The zero-order valence-corrected chi connectivity index (χ0v) is 19.2. The lowest BCUT2D eigenvalue weighted by molar-refractivity contribution is -0.130. The van der Waals surface area contributed by atoms with Gasteiger partial charge in [0.1, 0.15) is 12.3 Å². The van der Waals surface area contributed by atoms with Crippen molar-refractivity contribution in [3.63, 3.8) is 0 Å². The lowest BCUT2D eigenvalue weighted by atomic mass is 10.1. The first-order valence-corrected chi connectivity index (χ1v) is 10.7. The minimum absolute atomic E-state index is 0.0513. The molecule has 0 aliphatic carbocycles. The Labute approximate surface area is 189 Å². The molecule has 3 aromatic rings. The normalized spacial score (nSPS) is 12.2. The van der Waals surface area contributed by atoms with E-state index in [1.165, 1.54) is 4.90 Å². The van der Waals surface area contributed by atoms with Crippen molar-refractivity contribution in [2.45, 2.75) is 18.9 Å². The van der Waals surface area contributed by atoms with Gasteiger partial charge in [-0.05, 0) is 56.3 Å². The van der Waals surface area contributed by atoms with Crippen molar-refractivity contribution in [2.75, 3.05) is 41.3 Å². The average Bonchev–Trinajstić information content (AvgIpc) is 3.15. The second kappa shape index (κ2) is 10.4. The number of rotatable bonds is 9. The van der Waals surface area contributed by atoms with Gasteiger partial charge in [0.25, 0.3) is 5.91 Å². The molecule has 0 saturated heterocycles. The molecule has 3 rings (SSSR count). The van der Waals surface area contributed by atoms with Crippen molar-refractivity contribution >= 4 is 22.7 Å². The smallest absolute Gasteiger partial charge is 0.250 e. The van der Waals surface area contributed by atoms with Crippen molar-refractivity contribution in [3.05, 3.63) is 65.9 Å². The van der Waals surface area contributed by atoms with Crippen LogP contribution in [0.2, 0.25) is 0 Å². The SMILES string of the molecule is COc1ccc2c(c1)c(CCN(C)C)cn2C(=O)CN(C)C(=O)C(N)Cc1ccccc1. The highest BCUT2D eigenvalue weighted by atomic mass is 16.5. The number of carbonyl (C=O) groups excluding carboxylic acids is 2. The number of likely N-dealkylation sites (N-methyl/N-ethyl adjacent to an activating group) is 2. The molecule has 0 spiro atoms. The summed E-state index contributed by atoms with van der Waals surface area (Å²) in [5, 5.41) is 0.981. The number of nitrogens with two attached hydrogens (primary N) is 1. The summed E-state index contributed by atoms with van der Waals surface area (Å²) in [6, 6.07) is 14.6. The number of amides is 1. The molecule has 1 unspecified atom stereocenters. The van der Waals surface area contributed by atoms with E-state index < -0.39 is 6.04 Å². The molecule has 0 bridgehead atoms. The monoisotopic (exact) mass is 436 g/mol. The van der Waals surface area contributed by atoms with E-state index in [0.29, 0.717) is 6.42 Å². The van der Waals surface area contributed by atoms with Crippen molar-refractivity contribution < 1.29 is 14.3 Å². The minimum atomic E-state index is -0.698. The molecule has 2 N–H and O–H groups in total. The van der Waals surface area contributed by atoms with Gasteiger partial charge >= 0.3 is 0 Å². The number of fused-ring (bicyclic) bond motifs is 1. The Kier molecular flexibility index (Phi) is 7.66. The molecule has 0 fully saturated rings. The predicted molar refractivity (Wildman–Crippen MR) is 127 cm³/mol. The van der Waals surface area contributed by atoms with Gasteiger partial charge in [0.15, 0.2) is 0 Å². The Balaban J connectivity index is 1.77. The van der Waals surface area contributed by atoms with Gasteiger partial charge < -0.3 is 20.3 Å². The van der Waals surface area contributed by atoms with Crippen molar-refractivity contribution in [1.82, 2.24) is 14.4 Å². The largest absolute Gasteiger partial charge is 0.497 e. The number of hydrogen-bond donors (Lipinski definition) is 1. The number of benzene rings is 2. The van der Waals surface area contributed by atoms with E-state index in [0.717, 1.165) is 40.7 Å². The third-order valence-electron chi connectivity index (χ3n) is 5.56. The highest BCUT2D eigenvalue weighted by Crippen LogP contribution is 2.26. The van der Waals surface area contributed by atoms with E-state index in [-0.39, 0.29) is 18.4 Å². The second-order valence-electron chi connectivity index (χ2n) is 8.34. The van der Waals surface area contributed by atoms with Gasteiger partial charge in [0, 0.05) is 25.2 Å². The Morgan fingerprint density at radius 1 is 1.09 bits per heavy atom. The topological polar surface area (TPSA) is 80.8 Å². The molecule has 7 heteroatoms. The van der Waals surface area contributed by atoms with E-state index in [1.54, 1.807) is 18.7 Å². The summed E-state index contributed by atoms with van der Waals surface area (Å²) in [6.07, 6.45) is 3.10. The molecule has 2 aromatic carbocycles. The molecule has 1 amide bonds. The third kappa shape index (κ3) is 5.55. The van der Waals surface area contributed by atoms with Crippen LogP contribution in [0.1, 0.15) is 15.9 Å². The molecule has 0 saturated carbocycles. The van der Waals surface area contributed by atoms with Crippen LogP contribution >= 0.6 is 0 Å².